The topological polar surface area (TPSA) is 224 Å². The van der Waals surface area contributed by atoms with Crippen LogP contribution in [0.15, 0.2) is 0 Å². The maximum Gasteiger partial charge on any atom is 0.326 e. The molecule has 0 fully saturated rings. The molecule has 0 saturated carbocycles. The molecule has 0 spiro atoms. The number of aliphatic carboxylic acids is 1. The van der Waals surface area contributed by atoms with Crippen molar-refractivity contribution >= 4 is 41.4 Å². The number of amides is 6. The lowest BCUT2D eigenvalue weighted by molar-refractivity contribution is -0.144. The zero-order valence-corrected chi connectivity index (χ0v) is 34.0. The Kier molecular flexibility index (Phi) is 25.0. The molecule has 0 heterocycles. The van der Waals surface area contributed by atoms with Crippen molar-refractivity contribution in [2.45, 2.75) is 169 Å². The quantitative estimate of drug-likeness (QED) is 0.0549. The average Bonchev–Trinajstić information content (AvgIpc) is 3.08. The fourth-order valence-corrected chi connectivity index (χ4v) is 5.46. The molecular formula is C38H71N7O8. The summed E-state index contributed by atoms with van der Waals surface area (Å²) in [5.41, 5.74) is 0. The molecule has 0 aromatic carbocycles. The third kappa shape index (κ3) is 20.3. The van der Waals surface area contributed by atoms with Crippen molar-refractivity contribution in [1.82, 2.24) is 37.2 Å². The van der Waals surface area contributed by atoms with Crippen molar-refractivity contribution in [3.8, 4) is 0 Å². The zero-order chi connectivity index (χ0) is 40.7. The van der Waals surface area contributed by atoms with Gasteiger partial charge in [0.25, 0.3) is 0 Å². The molecule has 0 aliphatic carbocycles. The number of rotatable bonds is 28. The van der Waals surface area contributed by atoms with Crippen LogP contribution in [-0.2, 0) is 33.6 Å². The molecule has 0 saturated heterocycles. The normalized spacial score (nSPS) is 14.7. The third-order valence-corrected chi connectivity index (χ3v) is 9.18. The standard InChI is InChI=1S/C38H71N7O8/c1-11-12-13-14-15-16-17-18-19-20-21-40-29(46)22-28(38(52)53)42-35(49)30(23(2)3)44-37(51)32(25(6)7)45-36(50)31(24(4)5)43-34(48)27(9)41-33(47)26(8)39-10/h23-28,30-32,39H,11-22H2,1-10H3,(H,40,46)(H,41,47)(H,42,49)(H,43,48)(H,44,51)(H,45,50)(H,52,53)/t26-,27-,28-,30-,31-,32-/m0/s1. The summed E-state index contributed by atoms with van der Waals surface area (Å²) in [5.74, 6) is -6.27. The highest BCUT2D eigenvalue weighted by molar-refractivity contribution is 5.97. The van der Waals surface area contributed by atoms with Gasteiger partial charge in [0.15, 0.2) is 0 Å². The number of carboxylic acids is 1. The van der Waals surface area contributed by atoms with Gasteiger partial charge in [0, 0.05) is 6.54 Å². The first-order valence-corrected chi connectivity index (χ1v) is 19.6. The van der Waals surface area contributed by atoms with Crippen molar-refractivity contribution < 1.29 is 38.7 Å². The maximum absolute atomic E-state index is 13.5. The highest BCUT2D eigenvalue weighted by atomic mass is 16.4. The number of hydrogen-bond acceptors (Lipinski definition) is 8. The Morgan fingerprint density at radius 2 is 0.868 bits per heavy atom. The summed E-state index contributed by atoms with van der Waals surface area (Å²) in [6, 6.07) is -6.33. The van der Waals surface area contributed by atoms with E-state index in [2.05, 4.69) is 44.1 Å². The predicted molar refractivity (Wildman–Crippen MR) is 205 cm³/mol. The first kappa shape index (κ1) is 49.2. The van der Waals surface area contributed by atoms with Crippen molar-refractivity contribution in [3.05, 3.63) is 0 Å². The van der Waals surface area contributed by atoms with Gasteiger partial charge in [-0.2, -0.15) is 0 Å². The highest BCUT2D eigenvalue weighted by Crippen LogP contribution is 2.12. The Hall–Kier alpha value is -3.75. The van der Waals surface area contributed by atoms with Crippen molar-refractivity contribution in [3.63, 3.8) is 0 Å². The number of carbonyl (C=O) groups is 7. The van der Waals surface area contributed by atoms with Crippen LogP contribution in [0.5, 0.6) is 0 Å². The SMILES string of the molecule is CCCCCCCCCCCCNC(=O)C[C@H](NC(=O)[C@@H](NC(=O)[C@@H](NC(=O)[C@@H](NC(=O)[C@H](C)NC(=O)[C@H](C)NC)C(C)C)C(C)C)C(C)C)C(=O)O. The van der Waals surface area contributed by atoms with Gasteiger partial charge in [0.2, 0.25) is 35.4 Å². The van der Waals surface area contributed by atoms with E-state index in [-0.39, 0.29) is 5.92 Å². The molecule has 0 aromatic rings. The van der Waals surface area contributed by atoms with Gasteiger partial charge < -0.3 is 42.3 Å². The molecule has 0 aromatic heterocycles. The van der Waals surface area contributed by atoms with Crippen molar-refractivity contribution in [1.29, 1.82) is 0 Å². The van der Waals surface area contributed by atoms with Gasteiger partial charge in [0.1, 0.15) is 30.2 Å². The molecule has 0 bridgehead atoms. The van der Waals surface area contributed by atoms with Gasteiger partial charge in [-0.05, 0) is 45.1 Å². The van der Waals surface area contributed by atoms with Gasteiger partial charge >= 0.3 is 5.97 Å². The Morgan fingerprint density at radius 1 is 0.491 bits per heavy atom. The minimum atomic E-state index is -1.52. The van der Waals surface area contributed by atoms with E-state index >= 15 is 0 Å². The minimum absolute atomic E-state index is 0.386. The van der Waals surface area contributed by atoms with Crippen LogP contribution in [0, 0.1) is 17.8 Å². The van der Waals surface area contributed by atoms with Crippen LogP contribution in [0.25, 0.3) is 0 Å². The summed E-state index contributed by atoms with van der Waals surface area (Å²) >= 11 is 0. The number of unbranched alkanes of at least 4 members (excludes halogenated alkanes) is 9. The van der Waals surface area contributed by atoms with Crippen molar-refractivity contribution in [2.75, 3.05) is 13.6 Å². The van der Waals surface area contributed by atoms with Gasteiger partial charge in [-0.25, -0.2) is 4.79 Å². The lowest BCUT2D eigenvalue weighted by Crippen LogP contribution is -2.61. The molecular weight excluding hydrogens is 682 g/mol. The number of carbonyl (C=O) groups excluding carboxylic acids is 6. The number of hydrogen-bond donors (Lipinski definition) is 8. The van der Waals surface area contributed by atoms with Crippen molar-refractivity contribution in [2.24, 2.45) is 17.8 Å². The minimum Gasteiger partial charge on any atom is -0.480 e. The number of carboxylic acid groups (broad SMARTS) is 1. The summed E-state index contributed by atoms with van der Waals surface area (Å²) in [6.45, 7) is 15.9. The second kappa shape index (κ2) is 26.9. The van der Waals surface area contributed by atoms with Crippen LogP contribution in [0.1, 0.15) is 133 Å². The second-order valence-corrected chi connectivity index (χ2v) is 15.1. The zero-order valence-electron chi connectivity index (χ0n) is 34.0. The lowest BCUT2D eigenvalue weighted by Gasteiger charge is -2.30. The van der Waals surface area contributed by atoms with Gasteiger partial charge in [-0.3, -0.25) is 28.8 Å². The van der Waals surface area contributed by atoms with E-state index in [4.69, 9.17) is 0 Å². The Labute approximate surface area is 317 Å². The van der Waals surface area contributed by atoms with E-state index in [1.54, 1.807) is 55.5 Å². The van der Waals surface area contributed by atoms with E-state index in [0.717, 1.165) is 25.7 Å². The molecule has 6 amide bonds. The van der Waals surface area contributed by atoms with Gasteiger partial charge in [-0.1, -0.05) is 106 Å². The monoisotopic (exact) mass is 754 g/mol. The summed E-state index contributed by atoms with van der Waals surface area (Å²) in [5, 5.41) is 28.3. The summed E-state index contributed by atoms with van der Waals surface area (Å²) in [4.78, 5) is 89.9. The first-order chi connectivity index (χ1) is 24.9. The molecule has 0 aliphatic rings. The van der Waals surface area contributed by atoms with Crippen LogP contribution in [0.4, 0.5) is 0 Å². The Balaban J connectivity index is 5.29. The molecule has 8 N–H and O–H groups in total. The number of nitrogens with one attached hydrogen (secondary N) is 7. The van der Waals surface area contributed by atoms with Gasteiger partial charge in [-0.15, -0.1) is 0 Å². The summed E-state index contributed by atoms with van der Waals surface area (Å²) in [7, 11) is 1.61. The van der Waals surface area contributed by atoms with Crippen LogP contribution >= 0.6 is 0 Å². The smallest absolute Gasteiger partial charge is 0.326 e. The average molecular weight is 754 g/mol. The predicted octanol–water partition coefficient (Wildman–Crippen LogP) is 2.52. The van der Waals surface area contributed by atoms with E-state index in [1.807, 2.05) is 0 Å². The first-order valence-electron chi connectivity index (χ1n) is 19.6. The molecule has 0 rings (SSSR count). The lowest BCUT2D eigenvalue weighted by atomic mass is 9.97. The third-order valence-electron chi connectivity index (χ3n) is 9.18. The molecule has 15 heteroatoms. The Morgan fingerprint density at radius 3 is 1.26 bits per heavy atom. The maximum atomic E-state index is 13.5. The van der Waals surface area contributed by atoms with Crippen LogP contribution in [-0.4, -0.2) is 96.4 Å². The fourth-order valence-electron chi connectivity index (χ4n) is 5.46. The van der Waals surface area contributed by atoms with E-state index in [1.165, 1.54) is 45.4 Å². The van der Waals surface area contributed by atoms with E-state index in [9.17, 15) is 38.7 Å². The van der Waals surface area contributed by atoms with Crippen LogP contribution < -0.4 is 37.2 Å². The van der Waals surface area contributed by atoms with Crippen LogP contribution in [0.3, 0.4) is 0 Å². The molecule has 0 unspecified atom stereocenters. The molecule has 306 valence electrons. The molecule has 0 aliphatic heterocycles. The van der Waals surface area contributed by atoms with Crippen LogP contribution in [0.2, 0.25) is 0 Å². The summed E-state index contributed by atoms with van der Waals surface area (Å²) in [6.07, 6.45) is 11.0. The fraction of sp³-hybridized carbons (Fsp3) is 0.816. The van der Waals surface area contributed by atoms with Gasteiger partial charge in [0.05, 0.1) is 12.5 Å². The molecule has 6 atom stereocenters. The second-order valence-electron chi connectivity index (χ2n) is 15.1. The largest absolute Gasteiger partial charge is 0.480 e. The Bertz CT molecular complexity index is 1160. The highest BCUT2D eigenvalue weighted by Gasteiger charge is 2.35. The van der Waals surface area contributed by atoms with E-state index < -0.39 is 95.9 Å². The molecule has 15 nitrogen and oxygen atoms in total. The summed E-state index contributed by atoms with van der Waals surface area (Å²) < 4.78 is 0. The molecule has 0 radical (unpaired) electrons. The number of likely N-dealkylation sites (N-methyl/N-ethyl adjacent to an activating group) is 1. The van der Waals surface area contributed by atoms with E-state index in [0.29, 0.717) is 6.54 Å². The molecule has 53 heavy (non-hydrogen) atoms.